The number of benzene rings is 2. The molecule has 1 amide bonds. The first kappa shape index (κ1) is 21.5. The van der Waals surface area contributed by atoms with Gasteiger partial charge in [0.15, 0.2) is 0 Å². The number of amides is 1. The molecule has 0 heterocycles. The highest BCUT2D eigenvalue weighted by atomic mass is 32.2. The van der Waals surface area contributed by atoms with Crippen LogP contribution in [0.25, 0.3) is 0 Å². The van der Waals surface area contributed by atoms with Gasteiger partial charge in [-0.2, -0.15) is 11.8 Å². The fraction of sp³-hybridized carbons (Fsp3) is 0.273. The van der Waals surface area contributed by atoms with E-state index in [1.54, 1.807) is 38.1 Å². The number of carbonyl (C=O) groups excluding carboxylic acids is 1. The Morgan fingerprint density at radius 3 is 2.39 bits per heavy atom. The number of carboxylic acids is 1. The number of aliphatic carboxylic acids is 1. The quantitative estimate of drug-likeness (QED) is 0.626. The molecule has 0 fully saturated rings. The Kier molecular flexibility index (Phi) is 7.68. The summed E-state index contributed by atoms with van der Waals surface area (Å²) in [4.78, 5) is 24.2. The van der Waals surface area contributed by atoms with Crippen LogP contribution in [-0.4, -0.2) is 39.5 Å². The Hall–Kier alpha value is -2.75. The number of nitrogens with one attached hydrogen (secondary N) is 1. The lowest BCUT2D eigenvalue weighted by Crippen LogP contribution is -2.42. The van der Waals surface area contributed by atoms with Crippen molar-refractivity contribution in [2.45, 2.75) is 31.2 Å². The maximum absolute atomic E-state index is 12.6. The van der Waals surface area contributed by atoms with Crippen molar-refractivity contribution in [3.63, 3.8) is 0 Å². The van der Waals surface area contributed by atoms with Crippen molar-refractivity contribution in [3.8, 4) is 11.8 Å². The van der Waals surface area contributed by atoms with Gasteiger partial charge in [-0.05, 0) is 31.5 Å². The standard InChI is InChI=1S/C22H23NO4S/c1-22(2,27)13-12-17-10-6-7-11-18(17)20(24)23-19(21(25)26)15-28-14-16-8-4-3-5-9-16/h3-11,19,27H,14-15H2,1-2H3,(H,23,24)(H,25,26)/t19-/m0/s1. The summed E-state index contributed by atoms with van der Waals surface area (Å²) in [5.74, 6) is 4.76. The molecule has 0 saturated carbocycles. The van der Waals surface area contributed by atoms with Crippen molar-refractivity contribution in [1.29, 1.82) is 0 Å². The Bertz CT molecular complexity index is 879. The summed E-state index contributed by atoms with van der Waals surface area (Å²) in [6, 6.07) is 15.4. The maximum Gasteiger partial charge on any atom is 0.327 e. The van der Waals surface area contributed by atoms with E-state index in [4.69, 9.17) is 0 Å². The van der Waals surface area contributed by atoms with Crippen molar-refractivity contribution in [2.24, 2.45) is 0 Å². The third-order valence-corrected chi connectivity index (χ3v) is 4.78. The van der Waals surface area contributed by atoms with Crippen LogP contribution in [0.5, 0.6) is 0 Å². The number of rotatable bonds is 7. The minimum Gasteiger partial charge on any atom is -0.480 e. The molecule has 0 bridgehead atoms. The van der Waals surface area contributed by atoms with Crippen LogP contribution in [0.3, 0.4) is 0 Å². The SMILES string of the molecule is CC(C)(O)C#Cc1ccccc1C(=O)N[C@@H](CSCc1ccccc1)C(=O)O. The lowest BCUT2D eigenvalue weighted by molar-refractivity contribution is -0.138. The van der Waals surface area contributed by atoms with E-state index >= 15 is 0 Å². The minimum absolute atomic E-state index is 0.244. The van der Waals surface area contributed by atoms with E-state index in [9.17, 15) is 19.8 Å². The van der Waals surface area contributed by atoms with Gasteiger partial charge < -0.3 is 15.5 Å². The first-order valence-electron chi connectivity index (χ1n) is 8.76. The topological polar surface area (TPSA) is 86.6 Å². The van der Waals surface area contributed by atoms with Crippen molar-refractivity contribution in [3.05, 3.63) is 71.3 Å². The molecule has 0 aliphatic carbocycles. The first-order chi connectivity index (χ1) is 13.3. The Labute approximate surface area is 169 Å². The lowest BCUT2D eigenvalue weighted by atomic mass is 10.0. The van der Waals surface area contributed by atoms with E-state index in [1.165, 1.54) is 11.8 Å². The van der Waals surface area contributed by atoms with Gasteiger partial charge in [0.05, 0.1) is 5.56 Å². The molecule has 1 atom stereocenters. The van der Waals surface area contributed by atoms with Crippen LogP contribution in [0.1, 0.15) is 35.3 Å². The second-order valence-electron chi connectivity index (χ2n) is 6.72. The van der Waals surface area contributed by atoms with E-state index in [-0.39, 0.29) is 11.3 Å². The summed E-state index contributed by atoms with van der Waals surface area (Å²) >= 11 is 1.44. The van der Waals surface area contributed by atoms with E-state index in [1.807, 2.05) is 30.3 Å². The first-order valence-corrected chi connectivity index (χ1v) is 9.91. The molecule has 2 rings (SSSR count). The van der Waals surface area contributed by atoms with Crippen LogP contribution < -0.4 is 5.32 Å². The molecule has 5 nitrogen and oxygen atoms in total. The second kappa shape index (κ2) is 9.98. The van der Waals surface area contributed by atoms with Crippen molar-refractivity contribution < 1.29 is 19.8 Å². The number of carbonyl (C=O) groups is 2. The molecule has 0 spiro atoms. The van der Waals surface area contributed by atoms with Gasteiger partial charge in [0.25, 0.3) is 5.91 Å². The zero-order valence-corrected chi connectivity index (χ0v) is 16.6. The van der Waals surface area contributed by atoms with Crippen LogP contribution in [0.15, 0.2) is 54.6 Å². The Morgan fingerprint density at radius 2 is 1.75 bits per heavy atom. The monoisotopic (exact) mass is 397 g/mol. The fourth-order valence-electron chi connectivity index (χ4n) is 2.29. The van der Waals surface area contributed by atoms with Gasteiger partial charge in [0, 0.05) is 17.1 Å². The molecule has 0 radical (unpaired) electrons. The second-order valence-corrected chi connectivity index (χ2v) is 7.75. The average molecular weight is 397 g/mol. The lowest BCUT2D eigenvalue weighted by Gasteiger charge is -2.15. The minimum atomic E-state index is -1.19. The number of thioether (sulfide) groups is 1. The highest BCUT2D eigenvalue weighted by Crippen LogP contribution is 2.14. The molecule has 6 heteroatoms. The van der Waals surface area contributed by atoms with Gasteiger partial charge >= 0.3 is 5.97 Å². The van der Waals surface area contributed by atoms with E-state index in [2.05, 4.69) is 17.2 Å². The van der Waals surface area contributed by atoms with E-state index in [0.717, 1.165) is 5.56 Å². The Morgan fingerprint density at radius 1 is 1.11 bits per heavy atom. The van der Waals surface area contributed by atoms with E-state index in [0.29, 0.717) is 11.3 Å². The summed E-state index contributed by atoms with van der Waals surface area (Å²) in [7, 11) is 0. The maximum atomic E-state index is 12.6. The molecular weight excluding hydrogens is 374 g/mol. The average Bonchev–Trinajstić information content (AvgIpc) is 2.66. The third-order valence-electron chi connectivity index (χ3n) is 3.67. The largest absolute Gasteiger partial charge is 0.480 e. The van der Waals surface area contributed by atoms with Gasteiger partial charge in [0.2, 0.25) is 0 Å². The van der Waals surface area contributed by atoms with Gasteiger partial charge in [-0.25, -0.2) is 4.79 Å². The molecular formula is C22H23NO4S. The van der Waals surface area contributed by atoms with Crippen LogP contribution in [0, 0.1) is 11.8 Å². The molecule has 0 aliphatic rings. The number of carboxylic acid groups (broad SMARTS) is 1. The molecule has 0 unspecified atom stereocenters. The summed E-state index contributed by atoms with van der Waals surface area (Å²) in [5.41, 5.74) is 0.610. The molecule has 0 saturated heterocycles. The number of hydrogen-bond donors (Lipinski definition) is 3. The molecule has 0 aliphatic heterocycles. The van der Waals surface area contributed by atoms with Crippen molar-refractivity contribution in [2.75, 3.05) is 5.75 Å². The molecule has 2 aromatic rings. The molecule has 146 valence electrons. The van der Waals surface area contributed by atoms with Gasteiger partial charge in [0.1, 0.15) is 11.6 Å². The summed E-state index contributed by atoms with van der Waals surface area (Å²) in [6.07, 6.45) is 0. The van der Waals surface area contributed by atoms with Gasteiger partial charge in [-0.3, -0.25) is 4.79 Å². The predicted molar refractivity (Wildman–Crippen MR) is 111 cm³/mol. The highest BCUT2D eigenvalue weighted by molar-refractivity contribution is 7.98. The van der Waals surface area contributed by atoms with Crippen LogP contribution >= 0.6 is 11.8 Å². The van der Waals surface area contributed by atoms with Crippen LogP contribution in [0.4, 0.5) is 0 Å². The zero-order valence-electron chi connectivity index (χ0n) is 15.8. The van der Waals surface area contributed by atoms with Gasteiger partial charge in [-0.15, -0.1) is 0 Å². The summed E-state index contributed by atoms with van der Waals surface area (Å²) in [5, 5.41) is 21.8. The zero-order chi connectivity index (χ0) is 20.6. The van der Waals surface area contributed by atoms with Crippen molar-refractivity contribution in [1.82, 2.24) is 5.32 Å². The predicted octanol–water partition coefficient (Wildman–Crippen LogP) is 2.93. The summed E-state index contributed by atoms with van der Waals surface area (Å²) < 4.78 is 0. The van der Waals surface area contributed by atoms with Crippen molar-refractivity contribution >= 4 is 23.6 Å². The number of aliphatic hydroxyl groups is 1. The fourth-order valence-corrected chi connectivity index (χ4v) is 3.30. The molecule has 2 aromatic carbocycles. The van der Waals surface area contributed by atoms with Crippen LogP contribution in [0.2, 0.25) is 0 Å². The van der Waals surface area contributed by atoms with Crippen LogP contribution in [-0.2, 0) is 10.5 Å². The molecule has 3 N–H and O–H groups in total. The molecule has 0 aromatic heterocycles. The molecule has 28 heavy (non-hydrogen) atoms. The third kappa shape index (κ3) is 7.10. The normalized spacial score (nSPS) is 11.8. The Balaban J connectivity index is 2.06. The smallest absolute Gasteiger partial charge is 0.327 e. The highest BCUT2D eigenvalue weighted by Gasteiger charge is 2.22. The summed E-state index contributed by atoms with van der Waals surface area (Å²) in [6.45, 7) is 3.10. The van der Waals surface area contributed by atoms with Gasteiger partial charge in [-0.1, -0.05) is 54.3 Å². The van der Waals surface area contributed by atoms with E-state index < -0.39 is 23.5 Å². The number of hydrogen-bond acceptors (Lipinski definition) is 4.